The van der Waals surface area contributed by atoms with E-state index in [1.54, 1.807) is 0 Å². The monoisotopic (exact) mass is 335 g/mol. The van der Waals surface area contributed by atoms with Gasteiger partial charge < -0.3 is 14.2 Å². The Balaban J connectivity index is 2.67. The highest BCUT2D eigenvalue weighted by molar-refractivity contribution is 5.50. The van der Waals surface area contributed by atoms with Crippen molar-refractivity contribution in [2.45, 2.75) is 78.6 Å². The largest absolute Gasteiger partial charge is 0.490 e. The normalized spacial score (nSPS) is 10.6. The maximum atomic E-state index is 6.00. The lowest BCUT2D eigenvalue weighted by molar-refractivity contribution is 0.235. The Labute approximate surface area is 148 Å². The van der Waals surface area contributed by atoms with Crippen molar-refractivity contribution in [3.05, 3.63) is 18.2 Å². The van der Waals surface area contributed by atoms with Gasteiger partial charge in [-0.05, 0) is 31.4 Å². The molecule has 0 aliphatic rings. The molecule has 0 saturated carbocycles. The number of ether oxygens (including phenoxy) is 3. The zero-order valence-electron chi connectivity index (χ0n) is 15.9. The van der Waals surface area contributed by atoms with Crippen molar-refractivity contribution in [2.75, 3.05) is 19.8 Å². The molecule has 0 spiro atoms. The van der Waals surface area contributed by atoms with Crippen molar-refractivity contribution in [2.24, 2.45) is 0 Å². The third-order valence-electron chi connectivity index (χ3n) is 3.87. The van der Waals surface area contributed by atoms with Gasteiger partial charge in [-0.2, -0.15) is 0 Å². The minimum absolute atomic E-state index is 0.690. The van der Waals surface area contributed by atoms with Gasteiger partial charge in [0.1, 0.15) is 0 Å². The van der Waals surface area contributed by atoms with E-state index in [-0.39, 0.29) is 0 Å². The summed E-state index contributed by atoms with van der Waals surface area (Å²) in [5, 5.41) is 0. The quantitative estimate of drug-likeness (QED) is 0.357. The van der Waals surface area contributed by atoms with Crippen LogP contribution in [0.4, 0.5) is 0 Å². The highest BCUT2D eigenvalue weighted by Crippen LogP contribution is 2.37. The molecule has 1 radical (unpaired) electrons. The van der Waals surface area contributed by atoms with E-state index in [4.69, 9.17) is 14.2 Å². The molecular weight excluding hydrogens is 300 g/mol. The first-order valence-electron chi connectivity index (χ1n) is 9.76. The van der Waals surface area contributed by atoms with Crippen LogP contribution in [0.15, 0.2) is 12.1 Å². The summed E-state index contributed by atoms with van der Waals surface area (Å²) in [6.07, 6.45) is 10.3. The molecule has 1 rings (SSSR count). The molecule has 0 heterocycles. The summed E-state index contributed by atoms with van der Waals surface area (Å²) in [6.45, 7) is 8.71. The molecule has 24 heavy (non-hydrogen) atoms. The van der Waals surface area contributed by atoms with E-state index >= 15 is 0 Å². The zero-order chi connectivity index (χ0) is 17.5. The van der Waals surface area contributed by atoms with Crippen LogP contribution in [0.25, 0.3) is 0 Å². The van der Waals surface area contributed by atoms with Crippen molar-refractivity contribution in [1.29, 1.82) is 0 Å². The van der Waals surface area contributed by atoms with E-state index in [0.717, 1.165) is 37.4 Å². The molecule has 0 bridgehead atoms. The molecule has 1 aromatic rings. The van der Waals surface area contributed by atoms with Crippen molar-refractivity contribution >= 4 is 0 Å². The molecule has 3 nitrogen and oxygen atoms in total. The maximum Gasteiger partial charge on any atom is 0.204 e. The minimum Gasteiger partial charge on any atom is -0.490 e. The fourth-order valence-corrected chi connectivity index (χ4v) is 2.39. The molecule has 0 N–H and O–H groups in total. The van der Waals surface area contributed by atoms with Crippen molar-refractivity contribution in [3.63, 3.8) is 0 Å². The van der Waals surface area contributed by atoms with Crippen LogP contribution in [0.2, 0.25) is 0 Å². The van der Waals surface area contributed by atoms with Crippen LogP contribution in [0.3, 0.4) is 0 Å². The lowest BCUT2D eigenvalue weighted by Gasteiger charge is -2.16. The Morgan fingerprint density at radius 1 is 0.708 bits per heavy atom. The number of unbranched alkanes of at least 4 members (excludes halogenated alkanes) is 6. The lowest BCUT2D eigenvalue weighted by atomic mass is 10.2. The van der Waals surface area contributed by atoms with Crippen LogP contribution in [0.1, 0.15) is 78.6 Å². The van der Waals surface area contributed by atoms with Gasteiger partial charge in [0.25, 0.3) is 0 Å². The number of hydrogen-bond donors (Lipinski definition) is 0. The molecule has 0 aliphatic heterocycles. The molecule has 0 unspecified atom stereocenters. The van der Waals surface area contributed by atoms with Crippen molar-refractivity contribution < 1.29 is 14.2 Å². The smallest absolute Gasteiger partial charge is 0.204 e. The van der Waals surface area contributed by atoms with E-state index in [1.807, 2.05) is 12.1 Å². The molecule has 0 amide bonds. The molecule has 0 aliphatic carbocycles. The van der Waals surface area contributed by atoms with Crippen LogP contribution in [0, 0.1) is 6.07 Å². The van der Waals surface area contributed by atoms with E-state index in [1.165, 1.54) is 38.5 Å². The molecule has 0 saturated heterocycles. The Hall–Kier alpha value is -1.38. The number of benzene rings is 1. The molecule has 0 aromatic heterocycles. The fourth-order valence-electron chi connectivity index (χ4n) is 2.39. The third kappa shape index (κ3) is 8.47. The topological polar surface area (TPSA) is 27.7 Å². The highest BCUT2D eigenvalue weighted by Gasteiger charge is 2.13. The average Bonchev–Trinajstić information content (AvgIpc) is 2.60. The number of rotatable bonds is 15. The molecule has 137 valence electrons. The van der Waals surface area contributed by atoms with E-state index in [0.29, 0.717) is 19.0 Å². The van der Waals surface area contributed by atoms with Gasteiger partial charge in [0.05, 0.1) is 19.8 Å². The van der Waals surface area contributed by atoms with Gasteiger partial charge in [0, 0.05) is 6.07 Å². The van der Waals surface area contributed by atoms with Gasteiger partial charge in [-0.3, -0.25) is 0 Å². The molecule has 0 atom stereocenters. The summed E-state index contributed by atoms with van der Waals surface area (Å²) in [4.78, 5) is 0. The first-order valence-corrected chi connectivity index (χ1v) is 9.76. The first-order chi connectivity index (χ1) is 11.8. The second-order valence-electron chi connectivity index (χ2n) is 6.17. The van der Waals surface area contributed by atoms with Crippen LogP contribution in [-0.2, 0) is 0 Å². The van der Waals surface area contributed by atoms with Gasteiger partial charge in [-0.15, -0.1) is 0 Å². The molecule has 3 heteroatoms. The van der Waals surface area contributed by atoms with Crippen LogP contribution in [-0.4, -0.2) is 19.8 Å². The van der Waals surface area contributed by atoms with E-state index in [2.05, 4.69) is 26.8 Å². The van der Waals surface area contributed by atoms with E-state index < -0.39 is 0 Å². The second-order valence-corrected chi connectivity index (χ2v) is 6.17. The summed E-state index contributed by atoms with van der Waals surface area (Å²) < 4.78 is 17.8. The first kappa shape index (κ1) is 20.7. The molecular formula is C21H35O3. The molecule has 1 aromatic carbocycles. The predicted octanol–water partition coefficient (Wildman–Crippen LogP) is 6.19. The highest BCUT2D eigenvalue weighted by atomic mass is 16.5. The van der Waals surface area contributed by atoms with Crippen molar-refractivity contribution in [3.8, 4) is 17.2 Å². The summed E-state index contributed by atoms with van der Waals surface area (Å²) in [5.41, 5.74) is 0. The van der Waals surface area contributed by atoms with Crippen molar-refractivity contribution in [1.82, 2.24) is 0 Å². The Bertz CT molecular complexity index is 387. The van der Waals surface area contributed by atoms with Gasteiger partial charge >= 0.3 is 0 Å². The van der Waals surface area contributed by atoms with Crippen LogP contribution < -0.4 is 14.2 Å². The second kappa shape index (κ2) is 14.0. The Kier molecular flexibility index (Phi) is 12.1. The van der Waals surface area contributed by atoms with Gasteiger partial charge in [0.15, 0.2) is 11.5 Å². The standard InChI is InChI=1S/C21H35O3/c1-4-7-10-16-22-19-14-13-15-20(23-17-11-8-5-2)21(19)24-18-12-9-6-3/h13-14H,4-12,16-18H2,1-3H3. The zero-order valence-corrected chi connectivity index (χ0v) is 15.9. The minimum atomic E-state index is 0.690. The summed E-state index contributed by atoms with van der Waals surface area (Å²) >= 11 is 0. The predicted molar refractivity (Wildman–Crippen MR) is 100 cm³/mol. The number of hydrogen-bond acceptors (Lipinski definition) is 3. The summed E-state index contributed by atoms with van der Waals surface area (Å²) in [5.74, 6) is 2.20. The lowest BCUT2D eigenvalue weighted by Crippen LogP contribution is -2.06. The van der Waals surface area contributed by atoms with Gasteiger partial charge in [-0.1, -0.05) is 59.3 Å². The summed E-state index contributed by atoms with van der Waals surface area (Å²) in [7, 11) is 0. The Morgan fingerprint density at radius 2 is 1.25 bits per heavy atom. The van der Waals surface area contributed by atoms with Gasteiger partial charge in [-0.25, -0.2) is 0 Å². The summed E-state index contributed by atoms with van der Waals surface area (Å²) in [6, 6.07) is 6.96. The van der Waals surface area contributed by atoms with E-state index in [9.17, 15) is 0 Å². The Morgan fingerprint density at radius 3 is 1.83 bits per heavy atom. The third-order valence-corrected chi connectivity index (χ3v) is 3.87. The van der Waals surface area contributed by atoms with Gasteiger partial charge in [0.2, 0.25) is 5.75 Å². The molecule has 0 fully saturated rings. The maximum absolute atomic E-state index is 6.00. The average molecular weight is 336 g/mol. The van der Waals surface area contributed by atoms with Crippen LogP contribution >= 0.6 is 0 Å². The fraction of sp³-hybridized carbons (Fsp3) is 0.714. The van der Waals surface area contributed by atoms with Crippen LogP contribution in [0.5, 0.6) is 17.2 Å². The SMILES string of the molecule is CCCCCOc1[c]ccc(OCCCCC)c1OCCCCC.